The molecule has 0 spiro atoms. The number of sulfonamides is 1. The van der Waals surface area contributed by atoms with Crippen LogP contribution in [0, 0.1) is 32.1 Å². The van der Waals surface area contributed by atoms with Gasteiger partial charge in [-0.2, -0.15) is 0 Å². The van der Waals surface area contributed by atoms with Crippen LogP contribution in [0.25, 0.3) is 10.8 Å². The fourth-order valence-corrected chi connectivity index (χ4v) is 11.1. The number of carbonyl (C=O) groups excluding carboxylic acids is 8. The average Bonchev–Trinajstić information content (AvgIpc) is 0.858. The van der Waals surface area contributed by atoms with Crippen LogP contribution in [0.15, 0.2) is 83.8 Å². The molecule has 4 aromatic rings. The molecule has 8 amide bonds. The molecule has 4 aromatic carbocycles. The van der Waals surface area contributed by atoms with Crippen molar-refractivity contribution in [2.24, 2.45) is 29.0 Å². The molecule has 16 N–H and O–H groups in total. The van der Waals surface area contributed by atoms with Crippen LogP contribution in [0.5, 0.6) is 5.75 Å². The Morgan fingerprint density at radius 2 is 1.22 bits per heavy atom. The molecule has 1 unspecified atom stereocenters. The van der Waals surface area contributed by atoms with Crippen molar-refractivity contribution in [1.29, 1.82) is 0 Å². The lowest BCUT2D eigenvalue weighted by Gasteiger charge is -2.30. The van der Waals surface area contributed by atoms with Crippen LogP contribution in [0.3, 0.4) is 0 Å². The summed E-state index contributed by atoms with van der Waals surface area (Å²) in [5.74, 6) is -7.29. The number of primary amides is 1. The fraction of sp³-hybridized carbons (Fsp3) is 0.508. The van der Waals surface area contributed by atoms with Crippen LogP contribution in [-0.4, -0.2) is 154 Å². The first-order chi connectivity index (χ1) is 43.6. The van der Waals surface area contributed by atoms with Crippen molar-refractivity contribution in [2.45, 2.75) is 146 Å². The van der Waals surface area contributed by atoms with E-state index < -0.39 is 133 Å². The minimum absolute atomic E-state index is 0.00951. The summed E-state index contributed by atoms with van der Waals surface area (Å²) < 4.78 is 30.4. The van der Waals surface area contributed by atoms with Crippen LogP contribution in [-0.2, 0) is 54.8 Å². The Kier molecular flexibility index (Phi) is 30.6. The van der Waals surface area contributed by atoms with Crippen LogP contribution in [0.2, 0.25) is 0 Å². The Bertz CT molecular complexity index is 3320. The smallest absolute Gasteiger partial charge is 0.299 e. The molecule has 0 heterocycles. The number of aromatic hydroxyl groups is 1. The topological polar surface area (TPSA) is 467 Å². The average molecular weight is 1300 g/mol. The maximum Gasteiger partial charge on any atom is 0.299 e. The molecule has 0 aliphatic heterocycles. The van der Waals surface area contributed by atoms with E-state index in [4.69, 9.17) is 17.2 Å². The number of fused-ring (bicyclic) bond motifs is 1. The Morgan fingerprint density at radius 1 is 0.641 bits per heavy atom. The summed E-state index contributed by atoms with van der Waals surface area (Å²) >= 11 is 0. The number of nitrogens with two attached hydrogens (primary N) is 3. The molecule has 0 fully saturated rings. The minimum atomic E-state index is -4.11. The zero-order valence-corrected chi connectivity index (χ0v) is 53.6. The molecule has 31 heteroatoms. The molecule has 504 valence electrons. The highest BCUT2D eigenvalue weighted by atomic mass is 32.2. The van der Waals surface area contributed by atoms with E-state index in [1.54, 1.807) is 58.0 Å². The minimum Gasteiger partial charge on any atom is -0.508 e. The van der Waals surface area contributed by atoms with Crippen LogP contribution >= 0.6 is 0 Å². The van der Waals surface area contributed by atoms with Crippen molar-refractivity contribution < 1.29 is 61.7 Å². The summed E-state index contributed by atoms with van der Waals surface area (Å²) in [5.41, 5.74) is 17.9. The Balaban J connectivity index is 1.61. The van der Waals surface area contributed by atoms with E-state index in [9.17, 15) is 72.1 Å². The molecule has 0 radical (unpaired) electrons. The van der Waals surface area contributed by atoms with Gasteiger partial charge in [0.05, 0.1) is 33.4 Å². The fourth-order valence-electron chi connectivity index (χ4n) is 9.76. The van der Waals surface area contributed by atoms with Crippen molar-refractivity contribution in [3.63, 3.8) is 0 Å². The predicted molar refractivity (Wildman–Crippen MR) is 346 cm³/mol. The summed E-state index contributed by atoms with van der Waals surface area (Å²) in [5, 5.41) is 55.2. The van der Waals surface area contributed by atoms with Gasteiger partial charge in [-0.1, -0.05) is 70.5 Å². The third-order valence-electron chi connectivity index (χ3n) is 15.2. The quantitative estimate of drug-likeness (QED) is 0.0172. The van der Waals surface area contributed by atoms with Gasteiger partial charge in [-0.25, -0.2) is 13.1 Å². The normalized spacial score (nSPS) is 13.6. The maximum atomic E-state index is 14.8. The lowest BCUT2D eigenvalue weighted by Crippen LogP contribution is -2.61. The van der Waals surface area contributed by atoms with Gasteiger partial charge < -0.3 is 69.7 Å². The van der Waals surface area contributed by atoms with E-state index >= 15 is 0 Å². The first kappa shape index (κ1) is 75.4. The second-order valence-electron chi connectivity index (χ2n) is 22.9. The Morgan fingerprint density at radius 3 is 1.82 bits per heavy atom. The predicted octanol–water partition coefficient (Wildman–Crippen LogP) is 2.09. The van der Waals surface area contributed by atoms with E-state index in [-0.39, 0.29) is 87.5 Å². The number of phenols is 1. The number of unbranched alkanes of at least 4 members (excludes halogenated alkanes) is 3. The second kappa shape index (κ2) is 37.3. The van der Waals surface area contributed by atoms with Gasteiger partial charge in [-0.05, 0) is 118 Å². The number of rotatable bonds is 41. The summed E-state index contributed by atoms with van der Waals surface area (Å²) in [4.78, 5) is 133. The van der Waals surface area contributed by atoms with Crippen molar-refractivity contribution in [3.05, 3.63) is 105 Å². The number of benzene rings is 4. The standard InChI is InChI=1S/C61H89N15O15S/c1-7-38(4)55(60(84)67-36-52(64)78)73-61(85)54(37(2)3)72-59(83)47(18-8-10-30-62)71-57(81)46(19-9-11-33-68-92(90,91)51-21-15-16-42-43(51)17-14-20-49(42)74(5)6)70-58(82)48(69-56(80)44(63)34-39-22-25-41(77)26-23-39)28-29-53(79)66-32-13-12-31-65-45-27-24-40(75(86)87)35-50(45)76(88)89/h14-17,20-27,35,37-38,44,46-48,54-55,65,68,77H,7-13,18-19,28-34,36,62-63H2,1-6H3,(H2,64,78)(H,66,79)(H,67,84)(H,69,80)(H,70,82)(H,71,81)(H,72,83)(H,73,85)/t38?,44-,46-,47-,48-,54-,55-/m0/s1. The van der Waals surface area contributed by atoms with Crippen LogP contribution < -0.4 is 69.4 Å². The third-order valence-corrected chi connectivity index (χ3v) is 16.7. The van der Waals surface area contributed by atoms with Crippen molar-refractivity contribution in [3.8, 4) is 5.75 Å². The monoisotopic (exact) mass is 1300 g/mol. The number of carbonyl (C=O) groups is 8. The molecule has 0 bridgehead atoms. The largest absolute Gasteiger partial charge is 0.508 e. The number of nitrogens with zero attached hydrogens (tertiary/aromatic N) is 3. The molecular formula is C61H89N15O15S. The van der Waals surface area contributed by atoms with Gasteiger partial charge in [-0.3, -0.25) is 58.6 Å². The van der Waals surface area contributed by atoms with Gasteiger partial charge >= 0.3 is 0 Å². The highest BCUT2D eigenvalue weighted by Gasteiger charge is 2.35. The van der Waals surface area contributed by atoms with Gasteiger partial charge in [0.15, 0.2) is 0 Å². The summed E-state index contributed by atoms with van der Waals surface area (Å²) in [7, 11) is -0.436. The van der Waals surface area contributed by atoms with Gasteiger partial charge in [0.25, 0.3) is 11.4 Å². The number of phenolic OH excluding ortho intramolecular Hbond substituents is 1. The molecular weight excluding hydrogens is 1210 g/mol. The lowest BCUT2D eigenvalue weighted by molar-refractivity contribution is -0.393. The molecule has 0 aliphatic carbocycles. The van der Waals surface area contributed by atoms with Gasteiger partial charge in [0, 0.05) is 62.7 Å². The van der Waals surface area contributed by atoms with Crippen molar-refractivity contribution in [1.82, 2.24) is 41.9 Å². The number of nitro groups is 2. The van der Waals surface area contributed by atoms with E-state index in [0.29, 0.717) is 48.4 Å². The number of hydrogen-bond acceptors (Lipinski definition) is 19. The number of non-ortho nitro benzene ring substituents is 1. The zero-order chi connectivity index (χ0) is 68.2. The summed E-state index contributed by atoms with van der Waals surface area (Å²) in [6, 6.07) is 11.3. The third kappa shape index (κ3) is 24.0. The van der Waals surface area contributed by atoms with E-state index in [1.165, 1.54) is 24.3 Å². The Labute approximate surface area is 534 Å². The van der Waals surface area contributed by atoms with E-state index in [1.807, 2.05) is 31.1 Å². The van der Waals surface area contributed by atoms with Crippen molar-refractivity contribution in [2.75, 3.05) is 57.0 Å². The number of amides is 8. The van der Waals surface area contributed by atoms with Crippen molar-refractivity contribution >= 4 is 90.8 Å². The molecule has 0 aromatic heterocycles. The van der Waals surface area contributed by atoms with E-state index in [2.05, 4.69) is 47.3 Å². The van der Waals surface area contributed by atoms with Crippen LogP contribution in [0.1, 0.15) is 104 Å². The van der Waals surface area contributed by atoms with Gasteiger partial charge in [0.1, 0.15) is 41.6 Å². The molecule has 4 rings (SSSR count). The number of nitro benzene ring substituents is 2. The van der Waals surface area contributed by atoms with Crippen LogP contribution in [0.4, 0.5) is 22.7 Å². The van der Waals surface area contributed by atoms with Gasteiger partial charge in [-0.15, -0.1) is 0 Å². The zero-order valence-electron chi connectivity index (χ0n) is 52.8. The number of hydrogen-bond donors (Lipinski definition) is 13. The molecule has 7 atom stereocenters. The highest BCUT2D eigenvalue weighted by molar-refractivity contribution is 7.89. The maximum absolute atomic E-state index is 14.8. The molecule has 30 nitrogen and oxygen atoms in total. The number of nitrogens with one attached hydrogen (secondary N) is 9. The van der Waals surface area contributed by atoms with E-state index in [0.717, 1.165) is 17.8 Å². The first-order valence-electron chi connectivity index (χ1n) is 30.5. The summed E-state index contributed by atoms with van der Waals surface area (Å²) in [6.45, 7) is 6.72. The molecule has 0 saturated carbocycles. The first-order valence-corrected chi connectivity index (χ1v) is 32.0. The summed E-state index contributed by atoms with van der Waals surface area (Å²) in [6.07, 6.45) is 1.19. The molecule has 0 aliphatic rings. The molecule has 0 saturated heterocycles. The molecule has 92 heavy (non-hydrogen) atoms. The second-order valence-corrected chi connectivity index (χ2v) is 24.6. The number of anilines is 2. The SMILES string of the molecule is CCC(C)[C@H](NC(=O)[C@@H](NC(=O)[C@H](CCCCN)NC(=O)[C@H](CCCCNS(=O)(=O)c1cccc2c(N(C)C)cccc12)NC(=O)[C@H](CCC(=O)NCCCCNc1ccc([N+](=O)[O-])cc1[N+](=O)[O-])NC(=O)[C@@H](N)Cc1ccc(O)cc1)C(C)C)C(=O)NCC(N)=O. The highest BCUT2D eigenvalue weighted by Crippen LogP contribution is 2.31. The Hall–Kier alpha value is -9.07. The van der Waals surface area contributed by atoms with Gasteiger partial charge in [0.2, 0.25) is 57.3 Å². The lowest BCUT2D eigenvalue weighted by atomic mass is 9.96.